The maximum absolute atomic E-state index is 14.2. The largest absolute Gasteiger partial charge is 0.352 e. The van der Waals surface area contributed by atoms with Gasteiger partial charge in [0.1, 0.15) is 5.82 Å². The summed E-state index contributed by atoms with van der Waals surface area (Å²) in [7, 11) is -2.06. The Balaban J connectivity index is 2.09. The smallest absolute Gasteiger partial charge is 0.255 e. The molecule has 6 nitrogen and oxygen atoms in total. The molecule has 1 aliphatic carbocycles. The summed E-state index contributed by atoms with van der Waals surface area (Å²) in [6.45, 7) is 1.63. The van der Waals surface area contributed by atoms with E-state index in [4.69, 9.17) is 5.14 Å². The van der Waals surface area contributed by atoms with E-state index in [1.54, 1.807) is 32.3 Å². The predicted octanol–water partition coefficient (Wildman–Crippen LogP) is 2.33. The highest BCUT2D eigenvalue weighted by Crippen LogP contribution is 2.48. The Labute approximate surface area is 158 Å². The van der Waals surface area contributed by atoms with Crippen molar-refractivity contribution < 1.29 is 12.8 Å². The number of nitrogens with one attached hydrogen (secondary N) is 1. The maximum atomic E-state index is 14.2. The lowest BCUT2D eigenvalue weighted by Gasteiger charge is -2.17. The Kier molecular flexibility index (Phi) is 4.67. The molecule has 1 aromatic carbocycles. The zero-order valence-electron chi connectivity index (χ0n) is 13.6. The Morgan fingerprint density at radius 1 is 1.40 bits per heavy atom. The van der Waals surface area contributed by atoms with Crippen LogP contribution < -0.4 is 16.0 Å². The van der Waals surface area contributed by atoms with Crippen LogP contribution in [0.2, 0.25) is 0 Å². The van der Waals surface area contributed by atoms with Gasteiger partial charge in [0.15, 0.2) is 0 Å². The van der Waals surface area contributed by atoms with Crippen LogP contribution in [0.4, 0.5) is 15.8 Å². The summed E-state index contributed by atoms with van der Waals surface area (Å²) < 4.78 is 39.6. The average molecular weight is 477 g/mol. The Hall–Kier alpha value is -1.46. The maximum Gasteiger partial charge on any atom is 0.255 e. The van der Waals surface area contributed by atoms with E-state index in [2.05, 4.69) is 5.32 Å². The van der Waals surface area contributed by atoms with Crippen molar-refractivity contribution in [3.8, 4) is 0 Å². The summed E-state index contributed by atoms with van der Waals surface area (Å²) in [5, 5.41) is 7.54. The van der Waals surface area contributed by atoms with Crippen LogP contribution in [0, 0.1) is 16.3 Å². The molecule has 0 spiro atoms. The molecule has 9 heteroatoms. The van der Waals surface area contributed by atoms with Gasteiger partial charge in [0.25, 0.3) is 5.56 Å². The van der Waals surface area contributed by atoms with Crippen LogP contribution in [0.5, 0.6) is 0 Å². The van der Waals surface area contributed by atoms with Crippen LogP contribution in [-0.2, 0) is 17.1 Å². The van der Waals surface area contributed by atoms with E-state index in [1.165, 1.54) is 10.6 Å². The zero-order valence-corrected chi connectivity index (χ0v) is 16.6. The van der Waals surface area contributed by atoms with Gasteiger partial charge in [-0.3, -0.25) is 4.79 Å². The number of pyridine rings is 1. The molecule has 3 rings (SSSR count). The molecule has 2 atom stereocenters. The third-order valence-corrected chi connectivity index (χ3v) is 6.42. The minimum Gasteiger partial charge on any atom is -0.352 e. The highest BCUT2D eigenvalue weighted by atomic mass is 127. The van der Waals surface area contributed by atoms with E-state index < -0.39 is 21.1 Å². The fraction of sp³-hybridized carbons (Fsp3) is 0.312. The molecular formula is C16H17FIN3O3S. The van der Waals surface area contributed by atoms with Crippen LogP contribution in [0.1, 0.15) is 23.5 Å². The first-order valence-corrected chi connectivity index (χ1v) is 10.2. The molecule has 1 fully saturated rings. The molecule has 1 heterocycles. The first-order valence-electron chi connectivity index (χ1n) is 7.53. The minimum absolute atomic E-state index is 0.228. The average Bonchev–Trinajstić information content (AvgIpc) is 3.30. The standard InChI is InChI=1S/C16H17FIN3O3S/c1-8-15(20-13-4-3-9(18)5-12(13)17)11(7-21(2)16(8)22)10-6-14(10)25(19,23)24/h3-5,7,10,14,20H,6H2,1-2H3,(H2,19,23,24). The second-order valence-electron chi connectivity index (χ2n) is 6.22. The number of hydrogen-bond acceptors (Lipinski definition) is 4. The number of benzene rings is 1. The lowest BCUT2D eigenvalue weighted by atomic mass is 10.1. The van der Waals surface area contributed by atoms with E-state index in [1.807, 2.05) is 22.6 Å². The minimum atomic E-state index is -3.66. The number of aryl methyl sites for hydroxylation is 1. The number of halogens is 2. The number of hydrogen-bond donors (Lipinski definition) is 2. The third kappa shape index (κ3) is 3.58. The number of aromatic nitrogens is 1. The molecule has 0 aliphatic heterocycles. The topological polar surface area (TPSA) is 94.2 Å². The van der Waals surface area contributed by atoms with Gasteiger partial charge in [-0.1, -0.05) is 0 Å². The monoisotopic (exact) mass is 477 g/mol. The Bertz CT molecular complexity index is 1020. The zero-order chi connectivity index (χ0) is 18.5. The second-order valence-corrected chi connectivity index (χ2v) is 9.25. The Morgan fingerprint density at radius 3 is 2.64 bits per heavy atom. The highest BCUT2D eigenvalue weighted by molar-refractivity contribution is 14.1. The molecule has 1 aliphatic rings. The molecule has 0 amide bonds. The van der Waals surface area contributed by atoms with Gasteiger partial charge in [0.05, 0.1) is 16.6 Å². The van der Waals surface area contributed by atoms with Gasteiger partial charge >= 0.3 is 0 Å². The van der Waals surface area contributed by atoms with Gasteiger partial charge in [-0.2, -0.15) is 0 Å². The normalized spacial score (nSPS) is 19.7. The summed E-state index contributed by atoms with van der Waals surface area (Å²) in [4.78, 5) is 12.3. The highest BCUT2D eigenvalue weighted by Gasteiger charge is 2.48. The van der Waals surface area contributed by atoms with E-state index in [0.29, 0.717) is 23.2 Å². The fourth-order valence-electron chi connectivity index (χ4n) is 2.95. The lowest BCUT2D eigenvalue weighted by Crippen LogP contribution is -2.23. The van der Waals surface area contributed by atoms with E-state index in [0.717, 1.165) is 3.57 Å². The van der Waals surface area contributed by atoms with Crippen LogP contribution >= 0.6 is 22.6 Å². The van der Waals surface area contributed by atoms with E-state index >= 15 is 0 Å². The molecular weight excluding hydrogens is 460 g/mol. The molecule has 3 N–H and O–H groups in total. The Morgan fingerprint density at radius 2 is 2.08 bits per heavy atom. The molecule has 0 radical (unpaired) electrons. The van der Waals surface area contributed by atoms with Crippen molar-refractivity contribution in [1.29, 1.82) is 0 Å². The van der Waals surface area contributed by atoms with Crippen LogP contribution in [0.15, 0.2) is 29.2 Å². The molecule has 1 aromatic heterocycles. The summed E-state index contributed by atoms with van der Waals surface area (Å²) >= 11 is 2.01. The number of primary sulfonamides is 1. The van der Waals surface area contributed by atoms with Gasteiger partial charge in [-0.05, 0) is 59.7 Å². The quantitative estimate of drug-likeness (QED) is 0.662. The summed E-state index contributed by atoms with van der Waals surface area (Å²) in [5.74, 6) is -0.758. The number of sulfonamides is 1. The summed E-state index contributed by atoms with van der Waals surface area (Å²) in [6.07, 6.45) is 1.98. The SMILES string of the molecule is Cc1c(Nc2ccc(I)cc2F)c(C2CC2S(N)(=O)=O)cn(C)c1=O. The van der Waals surface area contributed by atoms with Crippen molar-refractivity contribution in [3.63, 3.8) is 0 Å². The van der Waals surface area contributed by atoms with Crippen molar-refractivity contribution in [2.75, 3.05) is 5.32 Å². The molecule has 0 bridgehead atoms. The molecule has 0 saturated heterocycles. The number of nitrogens with zero attached hydrogens (tertiary/aromatic N) is 1. The molecule has 2 unspecified atom stereocenters. The van der Waals surface area contributed by atoms with Gasteiger partial charge in [-0.25, -0.2) is 17.9 Å². The number of rotatable bonds is 4. The van der Waals surface area contributed by atoms with Crippen LogP contribution in [-0.4, -0.2) is 18.2 Å². The number of nitrogens with two attached hydrogens (primary N) is 1. The van der Waals surface area contributed by atoms with Crippen LogP contribution in [0.25, 0.3) is 0 Å². The lowest BCUT2D eigenvalue weighted by molar-refractivity contribution is 0.595. The third-order valence-electron chi connectivity index (χ3n) is 4.38. The van der Waals surface area contributed by atoms with Crippen molar-refractivity contribution in [2.24, 2.45) is 12.2 Å². The van der Waals surface area contributed by atoms with Gasteiger partial charge in [-0.15, -0.1) is 0 Å². The molecule has 25 heavy (non-hydrogen) atoms. The van der Waals surface area contributed by atoms with Crippen molar-refractivity contribution in [1.82, 2.24) is 4.57 Å². The van der Waals surface area contributed by atoms with Gasteiger partial charge in [0.2, 0.25) is 10.0 Å². The van der Waals surface area contributed by atoms with Crippen molar-refractivity contribution in [3.05, 3.63) is 55.3 Å². The van der Waals surface area contributed by atoms with Gasteiger partial charge in [0, 0.05) is 28.3 Å². The number of anilines is 2. The molecule has 1 saturated carbocycles. The van der Waals surface area contributed by atoms with E-state index in [-0.39, 0.29) is 17.2 Å². The van der Waals surface area contributed by atoms with Crippen molar-refractivity contribution >= 4 is 44.0 Å². The fourth-order valence-corrected chi connectivity index (χ4v) is 4.49. The first kappa shape index (κ1) is 18.3. The van der Waals surface area contributed by atoms with Gasteiger partial charge < -0.3 is 9.88 Å². The first-order chi connectivity index (χ1) is 11.6. The van der Waals surface area contributed by atoms with Crippen LogP contribution in [0.3, 0.4) is 0 Å². The molecule has 2 aromatic rings. The predicted molar refractivity (Wildman–Crippen MR) is 103 cm³/mol. The summed E-state index contributed by atoms with van der Waals surface area (Å²) in [5.41, 5.74) is 1.49. The van der Waals surface area contributed by atoms with E-state index in [9.17, 15) is 17.6 Å². The molecule has 134 valence electrons. The summed E-state index contributed by atoms with van der Waals surface area (Å²) in [6, 6.07) is 4.71. The van der Waals surface area contributed by atoms with Crippen molar-refractivity contribution in [2.45, 2.75) is 24.5 Å². The second kappa shape index (κ2) is 6.36.